The van der Waals surface area contributed by atoms with Gasteiger partial charge in [0.05, 0.1) is 16.5 Å². The first-order chi connectivity index (χ1) is 13.8. The van der Waals surface area contributed by atoms with Gasteiger partial charge in [-0.15, -0.1) is 0 Å². The Bertz CT molecular complexity index is 1020. The Labute approximate surface area is 165 Å². The molecular weight excluding hydrogens is 378 g/mol. The minimum atomic E-state index is -0.908. The van der Waals surface area contributed by atoms with Crippen molar-refractivity contribution in [3.05, 3.63) is 75.3 Å². The summed E-state index contributed by atoms with van der Waals surface area (Å²) in [7, 11) is 0. The maximum absolute atomic E-state index is 12.5. The van der Waals surface area contributed by atoms with Crippen molar-refractivity contribution in [1.82, 2.24) is 10.2 Å². The number of hydrogen-bond acceptors (Lipinski definition) is 6. The van der Waals surface area contributed by atoms with Gasteiger partial charge < -0.3 is 5.32 Å². The number of carbonyl (C=O) groups excluding carboxylic acids is 4. The molecule has 0 radical (unpaired) electrons. The molecule has 0 spiro atoms. The smallest absolute Gasteiger partial charge is 0.282 e. The first kappa shape index (κ1) is 19.9. The quantitative estimate of drug-likeness (QED) is 0.430. The molecule has 29 heavy (non-hydrogen) atoms. The van der Waals surface area contributed by atoms with E-state index in [4.69, 9.17) is 0 Å². The largest absolute Gasteiger partial charge is 0.344 e. The van der Waals surface area contributed by atoms with Gasteiger partial charge in [0.15, 0.2) is 5.78 Å². The van der Waals surface area contributed by atoms with Crippen LogP contribution in [0.2, 0.25) is 0 Å². The summed E-state index contributed by atoms with van der Waals surface area (Å²) in [6.45, 7) is 0.696. The molecule has 0 aromatic heterocycles. The average molecular weight is 395 g/mol. The van der Waals surface area contributed by atoms with Gasteiger partial charge in [-0.25, -0.2) is 0 Å². The predicted octanol–water partition coefficient (Wildman–Crippen LogP) is 1.51. The van der Waals surface area contributed by atoms with Gasteiger partial charge in [-0.05, 0) is 25.0 Å². The molecule has 0 saturated heterocycles. The van der Waals surface area contributed by atoms with Gasteiger partial charge in [0.2, 0.25) is 5.91 Å². The molecule has 2 aromatic carbocycles. The summed E-state index contributed by atoms with van der Waals surface area (Å²) in [5, 5.41) is 13.7. The van der Waals surface area contributed by atoms with Gasteiger partial charge in [-0.2, -0.15) is 0 Å². The van der Waals surface area contributed by atoms with E-state index in [-0.39, 0.29) is 23.3 Å². The molecule has 1 heterocycles. The number of fused-ring (bicyclic) bond motifs is 1. The topological polar surface area (TPSA) is 127 Å². The van der Waals surface area contributed by atoms with Crippen molar-refractivity contribution in [2.75, 3.05) is 6.54 Å². The molecule has 0 fully saturated rings. The highest BCUT2D eigenvalue weighted by molar-refractivity contribution is 6.24. The number of carbonyl (C=O) groups is 4. The van der Waals surface area contributed by atoms with Gasteiger partial charge >= 0.3 is 0 Å². The van der Waals surface area contributed by atoms with Crippen molar-refractivity contribution >= 4 is 29.2 Å². The van der Waals surface area contributed by atoms with E-state index >= 15 is 0 Å². The second-order valence-electron chi connectivity index (χ2n) is 6.57. The number of nitro benzene ring substituents is 1. The van der Waals surface area contributed by atoms with Crippen LogP contribution in [-0.4, -0.2) is 45.9 Å². The normalized spacial score (nSPS) is 13.8. The molecule has 0 aliphatic carbocycles. The summed E-state index contributed by atoms with van der Waals surface area (Å²) in [6, 6.07) is 12.0. The Morgan fingerprint density at radius 1 is 1.07 bits per heavy atom. The van der Waals surface area contributed by atoms with Crippen LogP contribution >= 0.6 is 0 Å². The molecule has 0 unspecified atom stereocenters. The van der Waals surface area contributed by atoms with E-state index in [0.717, 1.165) is 11.6 Å². The lowest BCUT2D eigenvalue weighted by molar-refractivity contribution is -0.385. The van der Waals surface area contributed by atoms with Crippen molar-refractivity contribution in [1.29, 1.82) is 0 Å². The van der Waals surface area contributed by atoms with Crippen LogP contribution in [0.15, 0.2) is 48.5 Å². The van der Waals surface area contributed by atoms with Gasteiger partial charge in [0, 0.05) is 6.07 Å². The lowest BCUT2D eigenvalue weighted by atomic mass is 10.0. The number of hydrogen-bond donors (Lipinski definition) is 1. The summed E-state index contributed by atoms with van der Waals surface area (Å²) in [4.78, 5) is 60.4. The third kappa shape index (κ3) is 4.03. The summed E-state index contributed by atoms with van der Waals surface area (Å²) < 4.78 is 0. The summed E-state index contributed by atoms with van der Waals surface area (Å²) in [6.07, 6.45) is 0.259. The van der Waals surface area contributed by atoms with Crippen LogP contribution in [0, 0.1) is 10.1 Å². The van der Waals surface area contributed by atoms with Crippen molar-refractivity contribution in [2.45, 2.75) is 19.4 Å². The number of nitrogens with one attached hydrogen (secondary N) is 1. The average Bonchev–Trinajstić information content (AvgIpc) is 2.93. The summed E-state index contributed by atoms with van der Waals surface area (Å²) in [5.74, 6) is -2.68. The Morgan fingerprint density at radius 3 is 2.38 bits per heavy atom. The van der Waals surface area contributed by atoms with Gasteiger partial charge in [-0.1, -0.05) is 36.4 Å². The van der Waals surface area contributed by atoms with E-state index in [1.165, 1.54) is 19.1 Å². The van der Waals surface area contributed by atoms with Crippen LogP contribution < -0.4 is 5.32 Å². The fourth-order valence-corrected chi connectivity index (χ4v) is 3.14. The molecule has 3 rings (SSSR count). The highest BCUT2D eigenvalue weighted by Gasteiger charge is 2.41. The van der Waals surface area contributed by atoms with Crippen LogP contribution in [0.4, 0.5) is 5.69 Å². The molecule has 9 heteroatoms. The Kier molecular flexibility index (Phi) is 5.49. The lowest BCUT2D eigenvalue weighted by Crippen LogP contribution is -2.47. The molecule has 1 N–H and O–H groups in total. The number of Topliss-reactive ketones (excluding diaryl/α,β-unsaturated/α-hetero) is 1. The number of amides is 3. The number of imide groups is 1. The molecule has 9 nitrogen and oxygen atoms in total. The van der Waals surface area contributed by atoms with E-state index in [9.17, 15) is 29.3 Å². The second-order valence-corrected chi connectivity index (χ2v) is 6.57. The Morgan fingerprint density at radius 2 is 1.76 bits per heavy atom. The SMILES string of the molecule is CC(=O)[C@H](Cc1ccccc1)NC(=O)CN1C(=O)c2cccc([N+](=O)[O-])c2C1=O. The van der Waals surface area contributed by atoms with E-state index in [1.54, 1.807) is 12.1 Å². The number of benzene rings is 2. The number of nitro groups is 1. The summed E-state index contributed by atoms with van der Waals surface area (Å²) >= 11 is 0. The zero-order chi connectivity index (χ0) is 21.1. The molecule has 0 bridgehead atoms. The van der Waals surface area contributed by atoms with Gasteiger partial charge in [0.1, 0.15) is 12.1 Å². The van der Waals surface area contributed by atoms with E-state index in [2.05, 4.69) is 5.32 Å². The van der Waals surface area contributed by atoms with Crippen LogP contribution in [0.1, 0.15) is 33.2 Å². The van der Waals surface area contributed by atoms with Crippen molar-refractivity contribution < 1.29 is 24.1 Å². The van der Waals surface area contributed by atoms with Gasteiger partial charge in [-0.3, -0.25) is 34.2 Å². The molecule has 0 saturated carbocycles. The molecule has 1 aliphatic rings. The number of rotatable bonds is 7. The lowest BCUT2D eigenvalue weighted by Gasteiger charge is -2.18. The van der Waals surface area contributed by atoms with Crippen molar-refractivity contribution in [3.63, 3.8) is 0 Å². The monoisotopic (exact) mass is 395 g/mol. The molecule has 3 amide bonds. The highest BCUT2D eigenvalue weighted by Crippen LogP contribution is 2.30. The zero-order valence-corrected chi connectivity index (χ0v) is 15.5. The standard InChI is InChI=1S/C20H17N3O6/c1-12(24)15(10-13-6-3-2-4-7-13)21-17(25)11-22-19(26)14-8-5-9-16(23(28)29)18(14)20(22)27/h2-9,15H,10-11H2,1H3,(H,21,25)/t15-/m0/s1. The van der Waals surface area contributed by atoms with Gasteiger partial charge in [0.25, 0.3) is 17.5 Å². The fraction of sp³-hybridized carbons (Fsp3) is 0.200. The molecular formula is C20H17N3O6. The molecule has 148 valence electrons. The van der Waals surface area contributed by atoms with E-state index < -0.39 is 40.9 Å². The van der Waals surface area contributed by atoms with Crippen molar-refractivity contribution in [2.24, 2.45) is 0 Å². The number of ketones is 1. The Hall–Kier alpha value is -3.88. The third-order valence-corrected chi connectivity index (χ3v) is 4.58. The van der Waals surface area contributed by atoms with E-state index in [0.29, 0.717) is 4.90 Å². The highest BCUT2D eigenvalue weighted by atomic mass is 16.6. The third-order valence-electron chi connectivity index (χ3n) is 4.58. The minimum absolute atomic E-state index is 0.121. The van der Waals surface area contributed by atoms with Crippen LogP contribution in [-0.2, 0) is 16.0 Å². The minimum Gasteiger partial charge on any atom is -0.344 e. The Balaban J connectivity index is 1.74. The molecule has 1 aliphatic heterocycles. The second kappa shape index (κ2) is 8.01. The zero-order valence-electron chi connectivity index (χ0n) is 15.5. The van der Waals surface area contributed by atoms with Crippen LogP contribution in [0.5, 0.6) is 0 Å². The van der Waals surface area contributed by atoms with Crippen LogP contribution in [0.3, 0.4) is 0 Å². The maximum atomic E-state index is 12.5. The number of nitrogens with zero attached hydrogens (tertiary/aromatic N) is 2. The fourth-order valence-electron chi connectivity index (χ4n) is 3.14. The van der Waals surface area contributed by atoms with E-state index in [1.807, 2.05) is 18.2 Å². The van der Waals surface area contributed by atoms with Crippen molar-refractivity contribution in [3.8, 4) is 0 Å². The predicted molar refractivity (Wildman–Crippen MR) is 101 cm³/mol. The first-order valence-electron chi connectivity index (χ1n) is 8.77. The first-order valence-corrected chi connectivity index (χ1v) is 8.77. The molecule has 2 aromatic rings. The molecule has 1 atom stereocenters. The van der Waals surface area contributed by atoms with Crippen LogP contribution in [0.25, 0.3) is 0 Å². The summed E-state index contributed by atoms with van der Waals surface area (Å²) in [5.41, 5.74) is -0.106. The maximum Gasteiger partial charge on any atom is 0.282 e.